The van der Waals surface area contributed by atoms with Gasteiger partial charge in [-0.2, -0.15) is 5.26 Å². The van der Waals surface area contributed by atoms with Gasteiger partial charge in [0.2, 0.25) is 0 Å². The van der Waals surface area contributed by atoms with Crippen LogP contribution in [0, 0.1) is 11.3 Å². The van der Waals surface area contributed by atoms with Gasteiger partial charge in [0.25, 0.3) is 0 Å². The maximum Gasteiger partial charge on any atom is 0.111 e. The molecule has 1 heterocycles. The topological polar surface area (TPSA) is 30.3 Å². The van der Waals surface area contributed by atoms with Crippen LogP contribution in [-0.4, -0.2) is 41.5 Å². The number of nitrogens with zero attached hydrogens (tertiary/aromatic N) is 3. The fraction of sp³-hybridized carbons (Fsp3) is 0.533. The Kier molecular flexibility index (Phi) is 4.35. The third-order valence-corrected chi connectivity index (χ3v) is 3.63. The Balaban J connectivity index is 2.00. The van der Waals surface area contributed by atoms with Gasteiger partial charge in [0.05, 0.1) is 6.07 Å². The molecule has 2 rings (SSSR count). The maximum absolute atomic E-state index is 9.32. The van der Waals surface area contributed by atoms with E-state index in [0.717, 1.165) is 26.2 Å². The molecule has 0 radical (unpaired) electrons. The van der Waals surface area contributed by atoms with Crippen LogP contribution in [0.5, 0.6) is 0 Å². The largest absolute Gasteiger partial charge is 0.297 e. The Morgan fingerprint density at radius 3 is 2.61 bits per heavy atom. The molecule has 1 aromatic carbocycles. The van der Waals surface area contributed by atoms with E-state index in [1.165, 1.54) is 5.56 Å². The summed E-state index contributed by atoms with van der Waals surface area (Å²) in [6.45, 7) is 8.17. The molecule has 0 aliphatic carbocycles. The molecule has 0 bridgehead atoms. The average molecular weight is 243 g/mol. The fourth-order valence-electron chi connectivity index (χ4n) is 2.44. The van der Waals surface area contributed by atoms with Crippen molar-refractivity contribution in [3.63, 3.8) is 0 Å². The predicted molar refractivity (Wildman–Crippen MR) is 73.0 cm³/mol. The highest BCUT2D eigenvalue weighted by Crippen LogP contribution is 2.15. The summed E-state index contributed by atoms with van der Waals surface area (Å²) in [6, 6.07) is 13.4. The molecule has 1 aliphatic heterocycles. The Morgan fingerprint density at radius 1 is 1.28 bits per heavy atom. The van der Waals surface area contributed by atoms with Gasteiger partial charge in [0.1, 0.15) is 6.04 Å². The Labute approximate surface area is 110 Å². The molecule has 1 saturated heterocycles. The summed E-state index contributed by atoms with van der Waals surface area (Å²) in [6.07, 6.45) is 0. The molecular weight excluding hydrogens is 222 g/mol. The van der Waals surface area contributed by atoms with Gasteiger partial charge >= 0.3 is 0 Å². The number of nitriles is 1. The minimum atomic E-state index is 0.0151. The van der Waals surface area contributed by atoms with Gasteiger partial charge in [0, 0.05) is 32.2 Å². The Bertz CT molecular complexity index is 407. The van der Waals surface area contributed by atoms with Crippen LogP contribution in [0.4, 0.5) is 0 Å². The third kappa shape index (κ3) is 3.10. The van der Waals surface area contributed by atoms with E-state index in [-0.39, 0.29) is 6.04 Å². The maximum atomic E-state index is 9.32. The van der Waals surface area contributed by atoms with E-state index < -0.39 is 0 Å². The summed E-state index contributed by atoms with van der Waals surface area (Å²) in [5.41, 5.74) is 1.29. The van der Waals surface area contributed by atoms with Gasteiger partial charge in [-0.1, -0.05) is 30.3 Å². The second-order valence-electron chi connectivity index (χ2n) is 5.19. The van der Waals surface area contributed by atoms with E-state index in [9.17, 15) is 5.26 Å². The molecule has 0 saturated carbocycles. The van der Waals surface area contributed by atoms with Crippen LogP contribution in [0.25, 0.3) is 0 Å². The number of hydrogen-bond donors (Lipinski definition) is 0. The second kappa shape index (κ2) is 5.99. The van der Waals surface area contributed by atoms with Crippen molar-refractivity contribution in [1.29, 1.82) is 5.26 Å². The quantitative estimate of drug-likeness (QED) is 0.814. The van der Waals surface area contributed by atoms with E-state index in [0.29, 0.717) is 6.04 Å². The number of rotatable bonds is 3. The lowest BCUT2D eigenvalue weighted by Gasteiger charge is -2.40. The first-order valence-electron chi connectivity index (χ1n) is 6.62. The molecule has 0 aromatic heterocycles. The summed E-state index contributed by atoms with van der Waals surface area (Å²) in [5.74, 6) is 0. The number of hydrogen-bond acceptors (Lipinski definition) is 3. The van der Waals surface area contributed by atoms with Crippen LogP contribution in [0.3, 0.4) is 0 Å². The van der Waals surface area contributed by atoms with E-state index in [2.05, 4.69) is 54.0 Å². The first-order chi connectivity index (χ1) is 8.70. The van der Waals surface area contributed by atoms with Crippen LogP contribution in [-0.2, 0) is 6.54 Å². The molecule has 3 nitrogen and oxygen atoms in total. The average Bonchev–Trinajstić information content (AvgIpc) is 2.40. The summed E-state index contributed by atoms with van der Waals surface area (Å²) in [4.78, 5) is 4.67. The third-order valence-electron chi connectivity index (χ3n) is 3.63. The fourth-order valence-corrected chi connectivity index (χ4v) is 2.44. The highest BCUT2D eigenvalue weighted by molar-refractivity contribution is 5.15. The van der Waals surface area contributed by atoms with Crippen molar-refractivity contribution in [1.82, 2.24) is 9.80 Å². The smallest absolute Gasteiger partial charge is 0.111 e. The van der Waals surface area contributed by atoms with Crippen molar-refractivity contribution < 1.29 is 0 Å². The van der Waals surface area contributed by atoms with Gasteiger partial charge in [0.15, 0.2) is 0 Å². The van der Waals surface area contributed by atoms with Crippen LogP contribution in [0.2, 0.25) is 0 Å². The Morgan fingerprint density at radius 2 is 2.00 bits per heavy atom. The summed E-state index contributed by atoms with van der Waals surface area (Å²) >= 11 is 0. The van der Waals surface area contributed by atoms with Crippen LogP contribution >= 0.6 is 0 Å². The van der Waals surface area contributed by atoms with Gasteiger partial charge < -0.3 is 0 Å². The SMILES string of the molecule is CC(C)N1CCN(Cc2ccccc2)C(C#N)C1. The van der Waals surface area contributed by atoms with Crippen molar-refractivity contribution in [2.24, 2.45) is 0 Å². The molecule has 1 fully saturated rings. The Hall–Kier alpha value is -1.37. The van der Waals surface area contributed by atoms with E-state index in [1.807, 2.05) is 6.07 Å². The van der Waals surface area contributed by atoms with E-state index in [1.54, 1.807) is 0 Å². The van der Waals surface area contributed by atoms with Crippen LogP contribution in [0.15, 0.2) is 30.3 Å². The number of benzene rings is 1. The lowest BCUT2D eigenvalue weighted by Crippen LogP contribution is -2.53. The molecule has 1 atom stereocenters. The molecule has 96 valence electrons. The predicted octanol–water partition coefficient (Wildman–Crippen LogP) is 2.10. The zero-order valence-corrected chi connectivity index (χ0v) is 11.2. The highest BCUT2D eigenvalue weighted by Gasteiger charge is 2.27. The van der Waals surface area contributed by atoms with Gasteiger partial charge in [-0.3, -0.25) is 9.80 Å². The molecule has 1 aromatic rings. The standard InChI is InChI=1S/C15H21N3/c1-13(2)17-8-9-18(15(10-16)12-17)11-14-6-4-3-5-7-14/h3-7,13,15H,8-9,11-12H2,1-2H3. The summed E-state index contributed by atoms with van der Waals surface area (Å²) in [5, 5.41) is 9.32. The first kappa shape index (κ1) is 13.1. The van der Waals surface area contributed by atoms with Gasteiger partial charge in [-0.15, -0.1) is 0 Å². The molecule has 18 heavy (non-hydrogen) atoms. The number of piperazine rings is 1. The lowest BCUT2D eigenvalue weighted by molar-refractivity contribution is 0.0752. The van der Waals surface area contributed by atoms with Crippen molar-refractivity contribution in [3.8, 4) is 6.07 Å². The molecule has 0 amide bonds. The summed E-state index contributed by atoms with van der Waals surface area (Å²) in [7, 11) is 0. The second-order valence-corrected chi connectivity index (χ2v) is 5.19. The molecule has 0 N–H and O–H groups in total. The van der Waals surface area contributed by atoms with Gasteiger partial charge in [-0.05, 0) is 19.4 Å². The molecular formula is C15H21N3. The van der Waals surface area contributed by atoms with Crippen molar-refractivity contribution in [2.45, 2.75) is 32.5 Å². The molecule has 1 aliphatic rings. The minimum Gasteiger partial charge on any atom is -0.297 e. The lowest BCUT2D eigenvalue weighted by atomic mass is 10.1. The van der Waals surface area contributed by atoms with Crippen molar-refractivity contribution in [2.75, 3.05) is 19.6 Å². The minimum absolute atomic E-state index is 0.0151. The van der Waals surface area contributed by atoms with Gasteiger partial charge in [-0.25, -0.2) is 0 Å². The zero-order valence-electron chi connectivity index (χ0n) is 11.2. The monoisotopic (exact) mass is 243 g/mol. The van der Waals surface area contributed by atoms with Crippen LogP contribution in [0.1, 0.15) is 19.4 Å². The zero-order chi connectivity index (χ0) is 13.0. The first-order valence-corrected chi connectivity index (χ1v) is 6.62. The van der Waals surface area contributed by atoms with Crippen molar-refractivity contribution >= 4 is 0 Å². The molecule has 1 unspecified atom stereocenters. The normalized spacial score (nSPS) is 22.0. The molecule has 3 heteroatoms. The van der Waals surface area contributed by atoms with E-state index >= 15 is 0 Å². The summed E-state index contributed by atoms with van der Waals surface area (Å²) < 4.78 is 0. The van der Waals surface area contributed by atoms with Crippen LogP contribution < -0.4 is 0 Å². The highest BCUT2D eigenvalue weighted by atomic mass is 15.3. The van der Waals surface area contributed by atoms with E-state index in [4.69, 9.17) is 0 Å². The molecule has 0 spiro atoms. The van der Waals surface area contributed by atoms with Crippen molar-refractivity contribution in [3.05, 3.63) is 35.9 Å².